The van der Waals surface area contributed by atoms with Crippen LogP contribution < -0.4 is 10.6 Å². The van der Waals surface area contributed by atoms with E-state index in [-0.39, 0.29) is 5.91 Å². The highest BCUT2D eigenvalue weighted by atomic mass is 16.3. The molecular formula is C20H17N5O2. The predicted octanol–water partition coefficient (Wildman–Crippen LogP) is 3.16. The minimum absolute atomic E-state index is 0.259. The lowest BCUT2D eigenvalue weighted by atomic mass is 10.2. The van der Waals surface area contributed by atoms with Crippen LogP contribution in [-0.4, -0.2) is 20.9 Å². The van der Waals surface area contributed by atoms with Crippen molar-refractivity contribution >= 4 is 22.5 Å². The Morgan fingerprint density at radius 1 is 1.00 bits per heavy atom. The van der Waals surface area contributed by atoms with Crippen LogP contribution in [0, 0.1) is 0 Å². The Balaban J connectivity index is 1.54. The van der Waals surface area contributed by atoms with Gasteiger partial charge in [0, 0.05) is 30.5 Å². The van der Waals surface area contributed by atoms with Gasteiger partial charge in [-0.1, -0.05) is 0 Å². The van der Waals surface area contributed by atoms with Gasteiger partial charge in [0.1, 0.15) is 11.5 Å². The van der Waals surface area contributed by atoms with Gasteiger partial charge in [-0.3, -0.25) is 14.8 Å². The van der Waals surface area contributed by atoms with E-state index in [0.717, 1.165) is 16.6 Å². The fourth-order valence-electron chi connectivity index (χ4n) is 2.67. The number of nitrogens with one attached hydrogen (secondary N) is 2. The minimum Gasteiger partial charge on any atom is -0.467 e. The molecular weight excluding hydrogens is 342 g/mol. The second-order valence-electron chi connectivity index (χ2n) is 5.93. The molecule has 0 saturated heterocycles. The van der Waals surface area contributed by atoms with Crippen molar-refractivity contribution in [2.45, 2.75) is 13.1 Å². The summed E-state index contributed by atoms with van der Waals surface area (Å²) in [7, 11) is 0. The number of amides is 1. The van der Waals surface area contributed by atoms with Crippen LogP contribution in [0.15, 0.2) is 71.9 Å². The summed E-state index contributed by atoms with van der Waals surface area (Å²) >= 11 is 0. The van der Waals surface area contributed by atoms with E-state index in [1.165, 1.54) is 0 Å². The molecule has 4 aromatic rings. The van der Waals surface area contributed by atoms with Crippen LogP contribution in [0.3, 0.4) is 0 Å². The fraction of sp³-hybridized carbons (Fsp3) is 0.100. The van der Waals surface area contributed by atoms with E-state index >= 15 is 0 Å². The molecule has 7 nitrogen and oxygen atoms in total. The molecule has 27 heavy (non-hydrogen) atoms. The standard InChI is InChI=1S/C20H17N5O2/c26-20(24-12-16-2-1-9-27-16)17-4-3-15-11-22-13-18(19(15)25-17)23-10-14-5-7-21-8-6-14/h1-9,11,13,23H,10,12H2,(H,24,26). The number of carbonyl (C=O) groups is 1. The molecule has 0 atom stereocenters. The zero-order valence-corrected chi connectivity index (χ0v) is 14.4. The second-order valence-corrected chi connectivity index (χ2v) is 5.93. The van der Waals surface area contributed by atoms with Gasteiger partial charge in [0.15, 0.2) is 0 Å². The first-order valence-electron chi connectivity index (χ1n) is 8.48. The topological polar surface area (TPSA) is 92.9 Å². The van der Waals surface area contributed by atoms with Gasteiger partial charge in [0.2, 0.25) is 0 Å². The quantitative estimate of drug-likeness (QED) is 0.549. The maximum atomic E-state index is 12.4. The van der Waals surface area contributed by atoms with Gasteiger partial charge in [-0.15, -0.1) is 0 Å². The van der Waals surface area contributed by atoms with Crippen molar-refractivity contribution in [1.29, 1.82) is 0 Å². The number of carbonyl (C=O) groups excluding carboxylic acids is 1. The number of nitrogens with zero attached hydrogens (tertiary/aromatic N) is 3. The number of anilines is 1. The van der Waals surface area contributed by atoms with Crippen LogP contribution in [0.4, 0.5) is 5.69 Å². The molecule has 0 aliphatic rings. The monoisotopic (exact) mass is 359 g/mol. The van der Waals surface area contributed by atoms with E-state index < -0.39 is 0 Å². The molecule has 134 valence electrons. The Hall–Kier alpha value is -3.74. The average molecular weight is 359 g/mol. The number of hydrogen-bond acceptors (Lipinski definition) is 6. The lowest BCUT2D eigenvalue weighted by Gasteiger charge is -2.10. The smallest absolute Gasteiger partial charge is 0.270 e. The van der Waals surface area contributed by atoms with Crippen LogP contribution in [0.2, 0.25) is 0 Å². The summed E-state index contributed by atoms with van der Waals surface area (Å²) in [6.07, 6.45) is 8.51. The van der Waals surface area contributed by atoms with Crippen molar-refractivity contribution in [3.05, 3.63) is 84.5 Å². The van der Waals surface area contributed by atoms with Crippen molar-refractivity contribution in [3.8, 4) is 0 Å². The normalized spacial score (nSPS) is 10.7. The number of aromatic nitrogens is 3. The van der Waals surface area contributed by atoms with Gasteiger partial charge < -0.3 is 15.1 Å². The molecule has 4 heterocycles. The SMILES string of the molecule is O=C(NCc1ccco1)c1ccc2cncc(NCc3ccncc3)c2n1. The molecule has 4 aromatic heterocycles. The lowest BCUT2D eigenvalue weighted by molar-refractivity contribution is 0.0943. The first kappa shape index (κ1) is 16.7. The molecule has 0 fully saturated rings. The highest BCUT2D eigenvalue weighted by Crippen LogP contribution is 2.21. The Labute approximate surface area is 155 Å². The van der Waals surface area contributed by atoms with Crippen LogP contribution >= 0.6 is 0 Å². The van der Waals surface area contributed by atoms with Gasteiger partial charge in [0.05, 0.1) is 30.2 Å². The summed E-state index contributed by atoms with van der Waals surface area (Å²) in [4.78, 5) is 25.2. The first-order valence-corrected chi connectivity index (χ1v) is 8.48. The third-order valence-electron chi connectivity index (χ3n) is 4.07. The van der Waals surface area contributed by atoms with Gasteiger partial charge >= 0.3 is 0 Å². The molecule has 0 spiro atoms. The molecule has 4 rings (SSSR count). The minimum atomic E-state index is -0.259. The summed E-state index contributed by atoms with van der Waals surface area (Å²) in [6, 6.07) is 11.0. The molecule has 0 aliphatic heterocycles. The second kappa shape index (κ2) is 7.65. The summed E-state index contributed by atoms with van der Waals surface area (Å²) in [5.41, 5.74) is 2.90. The van der Waals surface area contributed by atoms with E-state index in [2.05, 4.69) is 25.6 Å². The van der Waals surface area contributed by atoms with E-state index in [0.29, 0.717) is 30.1 Å². The molecule has 0 saturated carbocycles. The van der Waals surface area contributed by atoms with E-state index in [1.807, 2.05) is 18.2 Å². The van der Waals surface area contributed by atoms with Gasteiger partial charge in [-0.25, -0.2) is 4.98 Å². The average Bonchev–Trinajstić information content (AvgIpc) is 3.24. The Kier molecular flexibility index (Phi) is 4.74. The molecule has 7 heteroatoms. The number of pyridine rings is 3. The molecule has 0 aromatic carbocycles. The van der Waals surface area contributed by atoms with Crippen molar-refractivity contribution in [3.63, 3.8) is 0 Å². The van der Waals surface area contributed by atoms with Crippen LogP contribution in [0.25, 0.3) is 10.9 Å². The molecule has 0 radical (unpaired) electrons. The molecule has 1 amide bonds. The van der Waals surface area contributed by atoms with Gasteiger partial charge in [-0.05, 0) is 42.0 Å². The zero-order valence-electron chi connectivity index (χ0n) is 14.4. The van der Waals surface area contributed by atoms with Crippen molar-refractivity contribution in [2.75, 3.05) is 5.32 Å². The first-order chi connectivity index (χ1) is 13.3. The summed E-state index contributed by atoms with van der Waals surface area (Å²) in [6.45, 7) is 0.926. The van der Waals surface area contributed by atoms with E-state index in [4.69, 9.17) is 4.42 Å². The number of hydrogen-bond donors (Lipinski definition) is 2. The molecule has 0 bridgehead atoms. The van der Waals surface area contributed by atoms with Gasteiger partial charge in [0.25, 0.3) is 5.91 Å². The zero-order chi connectivity index (χ0) is 18.5. The fourth-order valence-corrected chi connectivity index (χ4v) is 2.67. The predicted molar refractivity (Wildman–Crippen MR) is 101 cm³/mol. The summed E-state index contributed by atoms with van der Waals surface area (Å²) < 4.78 is 5.23. The third kappa shape index (κ3) is 3.92. The van der Waals surface area contributed by atoms with Crippen LogP contribution in [-0.2, 0) is 13.1 Å². The number of furan rings is 1. The summed E-state index contributed by atoms with van der Waals surface area (Å²) in [5, 5.41) is 6.99. The highest BCUT2D eigenvalue weighted by Gasteiger charge is 2.11. The van der Waals surface area contributed by atoms with Gasteiger partial charge in [-0.2, -0.15) is 0 Å². The lowest BCUT2D eigenvalue weighted by Crippen LogP contribution is -2.23. The Bertz CT molecular complexity index is 1050. The molecule has 2 N–H and O–H groups in total. The van der Waals surface area contributed by atoms with Crippen molar-refractivity contribution in [2.24, 2.45) is 0 Å². The van der Waals surface area contributed by atoms with E-state index in [1.54, 1.807) is 49.2 Å². The summed E-state index contributed by atoms with van der Waals surface area (Å²) in [5.74, 6) is 0.429. The Morgan fingerprint density at radius 3 is 2.70 bits per heavy atom. The number of rotatable bonds is 6. The van der Waals surface area contributed by atoms with Crippen molar-refractivity contribution in [1.82, 2.24) is 20.3 Å². The van der Waals surface area contributed by atoms with Crippen LogP contribution in [0.1, 0.15) is 21.8 Å². The largest absolute Gasteiger partial charge is 0.467 e. The maximum Gasteiger partial charge on any atom is 0.270 e. The maximum absolute atomic E-state index is 12.4. The molecule has 0 unspecified atom stereocenters. The third-order valence-corrected chi connectivity index (χ3v) is 4.07. The van der Waals surface area contributed by atoms with Crippen LogP contribution in [0.5, 0.6) is 0 Å². The van der Waals surface area contributed by atoms with Crippen molar-refractivity contribution < 1.29 is 9.21 Å². The molecule has 0 aliphatic carbocycles. The highest BCUT2D eigenvalue weighted by molar-refractivity contribution is 5.97. The Morgan fingerprint density at radius 2 is 1.89 bits per heavy atom. The van der Waals surface area contributed by atoms with E-state index in [9.17, 15) is 4.79 Å². The number of fused-ring (bicyclic) bond motifs is 1.